The molecule has 1 aromatic heterocycles. The zero-order valence-corrected chi connectivity index (χ0v) is 24.6. The van der Waals surface area contributed by atoms with Crippen LogP contribution in [0.5, 0.6) is 0 Å². The molecule has 3 heterocycles. The third kappa shape index (κ3) is 7.36. The van der Waals surface area contributed by atoms with Gasteiger partial charge in [-0.2, -0.15) is 13.2 Å². The SMILES string of the molecule is CCN1CCC[C@@H]1CNC(=O)c1ccc(-c2cc(NC(=O)c3cc(N4CCCCC4)cc(C(F)(F)F)c3)cnc2C)cc1. The van der Waals surface area contributed by atoms with Gasteiger partial charge in [0, 0.05) is 53.7 Å². The number of halogens is 3. The molecular weight excluding hydrogens is 555 g/mol. The molecule has 43 heavy (non-hydrogen) atoms. The van der Waals surface area contributed by atoms with Crippen molar-refractivity contribution in [3.8, 4) is 11.1 Å². The van der Waals surface area contributed by atoms with Crippen molar-refractivity contribution in [2.24, 2.45) is 0 Å². The number of rotatable bonds is 8. The molecule has 0 unspecified atom stereocenters. The molecule has 0 aliphatic carbocycles. The highest BCUT2D eigenvalue weighted by Gasteiger charge is 2.32. The number of hydrogen-bond acceptors (Lipinski definition) is 5. The molecule has 2 fully saturated rings. The molecular formula is C33H38F3N5O2. The summed E-state index contributed by atoms with van der Waals surface area (Å²) in [5.74, 6) is -0.771. The normalized spacial score (nSPS) is 17.6. The number of alkyl halides is 3. The second-order valence-corrected chi connectivity index (χ2v) is 11.3. The number of piperidine rings is 1. The van der Waals surface area contributed by atoms with Crippen LogP contribution in [-0.2, 0) is 6.18 Å². The minimum Gasteiger partial charge on any atom is -0.372 e. The van der Waals surface area contributed by atoms with Crippen LogP contribution in [0.2, 0.25) is 0 Å². The van der Waals surface area contributed by atoms with E-state index in [0.29, 0.717) is 48.3 Å². The summed E-state index contributed by atoms with van der Waals surface area (Å²) in [4.78, 5) is 34.7. The Morgan fingerprint density at radius 1 is 0.930 bits per heavy atom. The van der Waals surface area contributed by atoms with Gasteiger partial charge in [-0.25, -0.2) is 0 Å². The van der Waals surface area contributed by atoms with Gasteiger partial charge in [0.1, 0.15) is 0 Å². The van der Waals surface area contributed by atoms with Gasteiger partial charge in [0.2, 0.25) is 0 Å². The zero-order chi connectivity index (χ0) is 30.6. The predicted molar refractivity (Wildman–Crippen MR) is 162 cm³/mol. The highest BCUT2D eigenvalue weighted by Crippen LogP contribution is 2.34. The summed E-state index contributed by atoms with van der Waals surface area (Å²) in [7, 11) is 0. The molecule has 0 saturated carbocycles. The van der Waals surface area contributed by atoms with Crippen molar-refractivity contribution in [2.75, 3.05) is 42.9 Å². The Hall–Kier alpha value is -3.92. The maximum Gasteiger partial charge on any atom is 0.416 e. The van der Waals surface area contributed by atoms with Gasteiger partial charge in [0.25, 0.3) is 11.8 Å². The number of aromatic nitrogens is 1. The Morgan fingerprint density at radius 2 is 1.67 bits per heavy atom. The summed E-state index contributed by atoms with van der Waals surface area (Å²) in [6.07, 6.45) is 1.99. The summed E-state index contributed by atoms with van der Waals surface area (Å²) in [6.45, 7) is 7.94. The van der Waals surface area contributed by atoms with Gasteiger partial charge in [-0.05, 0) is 94.1 Å². The number of likely N-dealkylation sites (tertiary alicyclic amines) is 1. The van der Waals surface area contributed by atoms with Crippen molar-refractivity contribution in [2.45, 2.75) is 58.2 Å². The van der Waals surface area contributed by atoms with E-state index >= 15 is 0 Å². The van der Waals surface area contributed by atoms with E-state index in [1.54, 1.807) is 18.2 Å². The molecule has 228 valence electrons. The fourth-order valence-corrected chi connectivity index (χ4v) is 5.99. The molecule has 0 spiro atoms. The Morgan fingerprint density at radius 3 is 2.37 bits per heavy atom. The predicted octanol–water partition coefficient (Wildman–Crippen LogP) is 6.53. The lowest BCUT2D eigenvalue weighted by atomic mass is 10.0. The van der Waals surface area contributed by atoms with Gasteiger partial charge in [0.15, 0.2) is 0 Å². The largest absolute Gasteiger partial charge is 0.416 e. The van der Waals surface area contributed by atoms with Gasteiger partial charge in [-0.15, -0.1) is 0 Å². The number of amides is 2. The molecule has 2 aromatic carbocycles. The summed E-state index contributed by atoms with van der Waals surface area (Å²) in [5.41, 5.74) is 2.66. The van der Waals surface area contributed by atoms with Gasteiger partial charge >= 0.3 is 6.18 Å². The highest BCUT2D eigenvalue weighted by atomic mass is 19.4. The second-order valence-electron chi connectivity index (χ2n) is 11.3. The fraction of sp³-hybridized carbons (Fsp3) is 0.424. The van der Waals surface area contributed by atoms with E-state index in [0.717, 1.165) is 68.5 Å². The summed E-state index contributed by atoms with van der Waals surface area (Å²) in [5, 5.41) is 5.78. The minimum absolute atomic E-state index is 0.0625. The average molecular weight is 594 g/mol. The van der Waals surface area contributed by atoms with Gasteiger partial charge < -0.3 is 15.5 Å². The molecule has 2 amide bonds. The van der Waals surface area contributed by atoms with Crippen LogP contribution in [0.1, 0.15) is 71.0 Å². The number of anilines is 2. The van der Waals surface area contributed by atoms with Crippen LogP contribution in [0.3, 0.4) is 0 Å². The first-order valence-corrected chi connectivity index (χ1v) is 15.0. The number of nitrogens with one attached hydrogen (secondary N) is 2. The third-order valence-corrected chi connectivity index (χ3v) is 8.43. The van der Waals surface area contributed by atoms with E-state index in [2.05, 4.69) is 27.4 Å². The lowest BCUT2D eigenvalue weighted by Crippen LogP contribution is -2.40. The van der Waals surface area contributed by atoms with Gasteiger partial charge in [0.05, 0.1) is 17.4 Å². The Labute approximate surface area is 250 Å². The quantitative estimate of drug-likeness (QED) is 0.311. The maximum absolute atomic E-state index is 13.7. The van der Waals surface area contributed by atoms with Crippen molar-refractivity contribution < 1.29 is 22.8 Å². The average Bonchev–Trinajstić information content (AvgIpc) is 3.48. The van der Waals surface area contributed by atoms with Crippen LogP contribution in [0.25, 0.3) is 11.1 Å². The van der Waals surface area contributed by atoms with E-state index < -0.39 is 17.6 Å². The van der Waals surface area contributed by atoms with E-state index in [-0.39, 0.29) is 11.5 Å². The molecule has 7 nitrogen and oxygen atoms in total. The smallest absolute Gasteiger partial charge is 0.372 e. The molecule has 2 aliphatic heterocycles. The summed E-state index contributed by atoms with van der Waals surface area (Å²) < 4.78 is 41.2. The van der Waals surface area contributed by atoms with Gasteiger partial charge in [-0.1, -0.05) is 19.1 Å². The maximum atomic E-state index is 13.7. The van der Waals surface area contributed by atoms with Crippen LogP contribution in [0.4, 0.5) is 24.5 Å². The number of nitrogens with zero attached hydrogens (tertiary/aromatic N) is 3. The number of pyridine rings is 1. The van der Waals surface area contributed by atoms with E-state index in [1.165, 1.54) is 12.3 Å². The first-order chi connectivity index (χ1) is 20.6. The highest BCUT2D eigenvalue weighted by molar-refractivity contribution is 6.05. The molecule has 2 aliphatic rings. The molecule has 0 bridgehead atoms. The Bertz CT molecular complexity index is 1450. The van der Waals surface area contributed by atoms with Crippen LogP contribution in [0.15, 0.2) is 54.7 Å². The van der Waals surface area contributed by atoms with Crippen molar-refractivity contribution in [3.05, 3.63) is 77.1 Å². The molecule has 0 radical (unpaired) electrons. The second kappa shape index (κ2) is 13.2. The number of hydrogen-bond donors (Lipinski definition) is 2. The van der Waals surface area contributed by atoms with Crippen molar-refractivity contribution in [1.82, 2.24) is 15.2 Å². The molecule has 5 rings (SSSR count). The third-order valence-electron chi connectivity index (χ3n) is 8.43. The molecule has 1 atom stereocenters. The van der Waals surface area contributed by atoms with Crippen LogP contribution in [0, 0.1) is 6.92 Å². The first kappa shape index (κ1) is 30.5. The van der Waals surface area contributed by atoms with E-state index in [4.69, 9.17) is 0 Å². The number of carbonyl (C=O) groups excluding carboxylic acids is 2. The summed E-state index contributed by atoms with van der Waals surface area (Å²) >= 11 is 0. The molecule has 10 heteroatoms. The molecule has 3 aromatic rings. The van der Waals surface area contributed by atoms with Crippen molar-refractivity contribution in [3.63, 3.8) is 0 Å². The van der Waals surface area contributed by atoms with Crippen molar-refractivity contribution >= 4 is 23.2 Å². The number of carbonyl (C=O) groups is 2. The standard InChI is InChI=1S/C33H38F3N5O2/c1-3-40-15-7-8-28(40)21-38-31(42)24-11-9-23(10-12-24)30-19-27(20-37-22(30)2)39-32(43)25-16-26(33(34,35)36)18-29(17-25)41-13-5-4-6-14-41/h9-12,16-20,28H,3-8,13-15,21H2,1-2H3,(H,38,42)(H,39,43)/t28-/m1/s1. The number of aryl methyl sites for hydroxylation is 1. The Balaban J connectivity index is 1.30. The Kier molecular flexibility index (Phi) is 9.34. The monoisotopic (exact) mass is 593 g/mol. The first-order valence-electron chi connectivity index (χ1n) is 15.0. The van der Waals surface area contributed by atoms with Crippen molar-refractivity contribution in [1.29, 1.82) is 0 Å². The fourth-order valence-electron chi connectivity index (χ4n) is 5.99. The lowest BCUT2D eigenvalue weighted by Gasteiger charge is -2.29. The number of likely N-dealkylation sites (N-methyl/N-ethyl adjacent to an activating group) is 1. The molecule has 2 N–H and O–H groups in total. The lowest BCUT2D eigenvalue weighted by molar-refractivity contribution is -0.137. The van der Waals surface area contributed by atoms with E-state index in [9.17, 15) is 22.8 Å². The van der Waals surface area contributed by atoms with Gasteiger partial charge in [-0.3, -0.25) is 19.5 Å². The van der Waals surface area contributed by atoms with Crippen LogP contribution in [-0.4, -0.2) is 60.5 Å². The number of benzene rings is 2. The van der Waals surface area contributed by atoms with Crippen LogP contribution < -0.4 is 15.5 Å². The van der Waals surface area contributed by atoms with E-state index in [1.807, 2.05) is 24.0 Å². The minimum atomic E-state index is -4.57. The zero-order valence-electron chi connectivity index (χ0n) is 24.6. The summed E-state index contributed by atoms with van der Waals surface area (Å²) in [6, 6.07) is 12.8. The molecule has 2 saturated heterocycles. The van der Waals surface area contributed by atoms with Crippen LogP contribution >= 0.6 is 0 Å². The topological polar surface area (TPSA) is 77.6 Å².